The summed E-state index contributed by atoms with van der Waals surface area (Å²) in [7, 11) is -0.761. The van der Waals surface area contributed by atoms with Gasteiger partial charge in [0, 0.05) is 19.0 Å². The Morgan fingerprint density at radius 2 is 1.72 bits per heavy atom. The standard InChI is InChI=1S/C19H18N4O5S/c1-22-17-12(11-20-22)7-8-15(28-2)16(17)21-29(26,27)10-9-23-18(24)13-5-3-4-6-14(13)19(23)25/h3-8,11,21H,9-10H2,1-2H3. The molecule has 0 spiro atoms. The van der Waals surface area contributed by atoms with E-state index >= 15 is 0 Å². The zero-order valence-corrected chi connectivity index (χ0v) is 16.6. The number of aromatic nitrogens is 2. The van der Waals surface area contributed by atoms with Gasteiger partial charge in [0.2, 0.25) is 10.0 Å². The maximum Gasteiger partial charge on any atom is 0.261 e. The average molecular weight is 414 g/mol. The number of nitrogens with zero attached hydrogens (tertiary/aromatic N) is 3. The van der Waals surface area contributed by atoms with Crippen LogP contribution in [0.2, 0.25) is 0 Å². The molecule has 0 atom stereocenters. The molecule has 0 saturated heterocycles. The van der Waals surface area contributed by atoms with Crippen LogP contribution in [0.15, 0.2) is 42.6 Å². The van der Waals surface area contributed by atoms with Crippen molar-refractivity contribution in [3.8, 4) is 5.75 Å². The van der Waals surface area contributed by atoms with Gasteiger partial charge in [0.05, 0.1) is 35.7 Å². The summed E-state index contributed by atoms with van der Waals surface area (Å²) < 4.78 is 34.8. The monoisotopic (exact) mass is 414 g/mol. The second-order valence-electron chi connectivity index (χ2n) is 6.58. The second-order valence-corrected chi connectivity index (χ2v) is 8.42. The minimum atomic E-state index is -3.89. The first-order chi connectivity index (χ1) is 13.8. The van der Waals surface area contributed by atoms with Crippen LogP contribution in [0.1, 0.15) is 20.7 Å². The van der Waals surface area contributed by atoms with Gasteiger partial charge in [-0.15, -0.1) is 0 Å². The number of imide groups is 1. The average Bonchev–Trinajstić information content (AvgIpc) is 3.19. The molecule has 1 N–H and O–H groups in total. The molecule has 0 fully saturated rings. The number of sulfonamides is 1. The Balaban J connectivity index is 1.57. The number of nitrogens with one attached hydrogen (secondary N) is 1. The Morgan fingerprint density at radius 1 is 1.07 bits per heavy atom. The third-order valence-electron chi connectivity index (χ3n) is 4.80. The lowest BCUT2D eigenvalue weighted by molar-refractivity contribution is 0.0664. The largest absolute Gasteiger partial charge is 0.494 e. The number of carbonyl (C=O) groups excluding carboxylic acids is 2. The lowest BCUT2D eigenvalue weighted by atomic mass is 10.1. The SMILES string of the molecule is COc1ccc2cnn(C)c2c1NS(=O)(=O)CCN1C(=O)c2ccccc2C1=O. The Kier molecular flexibility index (Phi) is 4.50. The van der Waals surface area contributed by atoms with Gasteiger partial charge in [0.15, 0.2) is 0 Å². The van der Waals surface area contributed by atoms with Gasteiger partial charge in [0.25, 0.3) is 11.8 Å². The van der Waals surface area contributed by atoms with Gasteiger partial charge >= 0.3 is 0 Å². The fourth-order valence-corrected chi connectivity index (χ4v) is 4.41. The zero-order chi connectivity index (χ0) is 20.8. The van der Waals surface area contributed by atoms with Crippen LogP contribution < -0.4 is 9.46 Å². The van der Waals surface area contributed by atoms with E-state index in [1.54, 1.807) is 54.3 Å². The molecule has 10 heteroatoms. The van der Waals surface area contributed by atoms with Gasteiger partial charge in [-0.25, -0.2) is 8.42 Å². The highest BCUT2D eigenvalue weighted by atomic mass is 32.2. The minimum absolute atomic E-state index is 0.257. The summed E-state index contributed by atoms with van der Waals surface area (Å²) in [5.41, 5.74) is 1.38. The van der Waals surface area contributed by atoms with Gasteiger partial charge in [0.1, 0.15) is 11.4 Å². The summed E-state index contributed by atoms with van der Waals surface area (Å²) in [6, 6.07) is 9.84. The van der Waals surface area contributed by atoms with Crippen LogP contribution in [0.3, 0.4) is 0 Å². The quantitative estimate of drug-likeness (QED) is 0.614. The molecular formula is C19H18N4O5S. The second kappa shape index (κ2) is 6.89. The highest BCUT2D eigenvalue weighted by molar-refractivity contribution is 7.92. The van der Waals surface area contributed by atoms with Gasteiger partial charge < -0.3 is 4.74 Å². The molecule has 150 valence electrons. The van der Waals surface area contributed by atoms with Crippen molar-refractivity contribution in [2.24, 2.45) is 7.05 Å². The first-order valence-corrected chi connectivity index (χ1v) is 10.4. The highest BCUT2D eigenvalue weighted by Gasteiger charge is 2.35. The van der Waals surface area contributed by atoms with Gasteiger partial charge in [-0.05, 0) is 24.3 Å². The van der Waals surface area contributed by atoms with Crippen molar-refractivity contribution in [1.82, 2.24) is 14.7 Å². The summed E-state index contributed by atoms with van der Waals surface area (Å²) in [4.78, 5) is 25.8. The van der Waals surface area contributed by atoms with Crippen molar-refractivity contribution in [3.05, 3.63) is 53.7 Å². The number of carbonyl (C=O) groups is 2. The number of aryl methyl sites for hydroxylation is 1. The Bertz CT molecular complexity index is 1210. The molecule has 0 unspecified atom stereocenters. The van der Waals surface area contributed by atoms with Gasteiger partial charge in [-0.2, -0.15) is 5.10 Å². The number of fused-ring (bicyclic) bond motifs is 2. The van der Waals surface area contributed by atoms with Crippen molar-refractivity contribution in [2.75, 3.05) is 24.1 Å². The summed E-state index contributed by atoms with van der Waals surface area (Å²) in [5, 5.41) is 4.88. The van der Waals surface area contributed by atoms with E-state index in [0.29, 0.717) is 11.3 Å². The van der Waals surface area contributed by atoms with Crippen LogP contribution in [0.4, 0.5) is 5.69 Å². The van der Waals surface area contributed by atoms with E-state index in [2.05, 4.69) is 9.82 Å². The van der Waals surface area contributed by atoms with Crippen molar-refractivity contribution in [2.45, 2.75) is 0 Å². The number of hydrogen-bond acceptors (Lipinski definition) is 6. The number of rotatable bonds is 6. The first kappa shape index (κ1) is 18.9. The summed E-state index contributed by atoms with van der Waals surface area (Å²) in [6.45, 7) is -0.259. The normalized spacial score (nSPS) is 13.8. The van der Waals surface area contributed by atoms with E-state index in [-0.39, 0.29) is 23.4 Å². The van der Waals surface area contributed by atoms with E-state index in [4.69, 9.17) is 4.74 Å². The summed E-state index contributed by atoms with van der Waals surface area (Å²) >= 11 is 0. The lowest BCUT2D eigenvalue weighted by Gasteiger charge is -2.16. The van der Waals surface area contributed by atoms with Crippen molar-refractivity contribution in [3.63, 3.8) is 0 Å². The van der Waals surface area contributed by atoms with Crippen LogP contribution >= 0.6 is 0 Å². The molecular weight excluding hydrogens is 396 g/mol. The summed E-state index contributed by atoms with van der Waals surface area (Å²) in [5.74, 6) is -1.10. The minimum Gasteiger partial charge on any atom is -0.494 e. The fraction of sp³-hybridized carbons (Fsp3) is 0.211. The first-order valence-electron chi connectivity index (χ1n) is 8.77. The van der Waals surface area contributed by atoms with Crippen LogP contribution in [-0.4, -0.2) is 54.3 Å². The fourth-order valence-electron chi connectivity index (χ4n) is 3.38. The maximum absolute atomic E-state index is 12.7. The van der Waals surface area contributed by atoms with Crippen molar-refractivity contribution in [1.29, 1.82) is 0 Å². The molecule has 0 saturated carbocycles. The molecule has 1 aliphatic heterocycles. The van der Waals surface area contributed by atoms with Gasteiger partial charge in [-0.1, -0.05) is 12.1 Å². The number of anilines is 1. The van der Waals surface area contributed by atoms with Crippen LogP contribution in [0, 0.1) is 0 Å². The smallest absolute Gasteiger partial charge is 0.261 e. The van der Waals surface area contributed by atoms with E-state index < -0.39 is 27.6 Å². The van der Waals surface area contributed by atoms with Crippen LogP contribution in [0.5, 0.6) is 5.75 Å². The molecule has 2 heterocycles. The maximum atomic E-state index is 12.7. The van der Waals surface area contributed by atoms with Crippen molar-refractivity contribution >= 4 is 38.4 Å². The van der Waals surface area contributed by atoms with Crippen molar-refractivity contribution < 1.29 is 22.7 Å². The molecule has 2 aromatic carbocycles. The van der Waals surface area contributed by atoms with E-state index in [9.17, 15) is 18.0 Å². The van der Waals surface area contributed by atoms with E-state index in [1.165, 1.54) is 7.11 Å². The number of hydrogen-bond donors (Lipinski definition) is 1. The molecule has 2 amide bonds. The van der Waals surface area contributed by atoms with Gasteiger partial charge in [-0.3, -0.25) is 23.9 Å². The number of methoxy groups -OCH3 is 1. The lowest BCUT2D eigenvalue weighted by Crippen LogP contribution is -2.35. The van der Waals surface area contributed by atoms with E-state index in [1.807, 2.05) is 0 Å². The third kappa shape index (κ3) is 3.21. The van der Waals surface area contributed by atoms with Crippen LogP contribution in [0.25, 0.3) is 10.9 Å². The molecule has 1 aliphatic rings. The Labute approximate surface area is 166 Å². The molecule has 4 rings (SSSR count). The number of ether oxygens (including phenoxy) is 1. The predicted octanol–water partition coefficient (Wildman–Crippen LogP) is 1.62. The van der Waals surface area contributed by atoms with E-state index in [0.717, 1.165) is 10.3 Å². The highest BCUT2D eigenvalue weighted by Crippen LogP contribution is 2.33. The molecule has 0 bridgehead atoms. The molecule has 0 aliphatic carbocycles. The molecule has 3 aromatic rings. The summed E-state index contributed by atoms with van der Waals surface area (Å²) in [6.07, 6.45) is 1.62. The topological polar surface area (TPSA) is 111 Å². The third-order valence-corrected chi connectivity index (χ3v) is 6.04. The Morgan fingerprint density at radius 3 is 2.34 bits per heavy atom. The molecule has 29 heavy (non-hydrogen) atoms. The van der Waals surface area contributed by atoms with Crippen LogP contribution in [-0.2, 0) is 17.1 Å². The predicted molar refractivity (Wildman–Crippen MR) is 106 cm³/mol. The molecule has 9 nitrogen and oxygen atoms in total. The Hall–Kier alpha value is -3.40. The molecule has 0 radical (unpaired) electrons. The number of benzene rings is 2. The zero-order valence-electron chi connectivity index (χ0n) is 15.7. The molecule has 1 aromatic heterocycles. The number of amides is 2.